The van der Waals surface area contributed by atoms with Gasteiger partial charge in [-0.3, -0.25) is 4.79 Å². The largest absolute Gasteiger partial charge is 0.473 e. The number of fused-ring (bicyclic) bond motifs is 1. The number of carbonyl (C=O) groups excluding carboxylic acids is 1. The standard InChI is InChI=1S/C23H26N6O2/c1-13(16-8-21(30)26-11-16)31-23-22-20(27-12-29(22)17-5-6-17)9-19(28-23)14-3-4-15(10-24)18(7-14)25-2/h3-4,7,9-10,12-13,16-17,24-25H,5-6,8,11H2,1-2H3,(H,26,30). The molecule has 1 saturated heterocycles. The van der Waals surface area contributed by atoms with Gasteiger partial charge >= 0.3 is 0 Å². The van der Waals surface area contributed by atoms with E-state index in [1.54, 1.807) is 0 Å². The Morgan fingerprint density at radius 1 is 1.35 bits per heavy atom. The third kappa shape index (κ3) is 3.62. The molecule has 1 aromatic carbocycles. The van der Waals surface area contributed by atoms with E-state index in [0.717, 1.165) is 46.4 Å². The van der Waals surface area contributed by atoms with Gasteiger partial charge in [0.2, 0.25) is 11.8 Å². The fraction of sp³-hybridized carbons (Fsp3) is 0.391. The minimum Gasteiger partial charge on any atom is -0.473 e. The van der Waals surface area contributed by atoms with Gasteiger partial charge in [-0.05, 0) is 31.9 Å². The Hall–Kier alpha value is -3.42. The summed E-state index contributed by atoms with van der Waals surface area (Å²) in [5, 5.41) is 13.6. The molecule has 0 bridgehead atoms. The van der Waals surface area contributed by atoms with Crippen LogP contribution in [0.25, 0.3) is 22.3 Å². The fourth-order valence-electron chi connectivity index (χ4n) is 4.17. The van der Waals surface area contributed by atoms with Crippen molar-refractivity contribution in [3.8, 4) is 17.1 Å². The van der Waals surface area contributed by atoms with Crippen molar-refractivity contribution in [1.82, 2.24) is 19.9 Å². The highest BCUT2D eigenvalue weighted by Gasteiger charge is 2.31. The molecule has 2 unspecified atom stereocenters. The summed E-state index contributed by atoms with van der Waals surface area (Å²) in [6.07, 6.45) is 5.81. The van der Waals surface area contributed by atoms with E-state index in [0.29, 0.717) is 24.9 Å². The number of nitrogens with zero attached hydrogens (tertiary/aromatic N) is 3. The predicted octanol–water partition coefficient (Wildman–Crippen LogP) is 3.38. The molecule has 5 rings (SSSR count). The number of nitrogens with one attached hydrogen (secondary N) is 3. The predicted molar refractivity (Wildman–Crippen MR) is 120 cm³/mol. The SMILES string of the molecule is CNc1cc(-c2cc3ncn(C4CC4)c3c(OC(C)C3CNC(=O)C3)n2)ccc1C=N. The van der Waals surface area contributed by atoms with Crippen molar-refractivity contribution in [3.05, 3.63) is 36.2 Å². The zero-order chi connectivity index (χ0) is 21.5. The van der Waals surface area contributed by atoms with Crippen molar-refractivity contribution >= 4 is 28.8 Å². The highest BCUT2D eigenvalue weighted by atomic mass is 16.5. The molecule has 2 atom stereocenters. The van der Waals surface area contributed by atoms with Crippen LogP contribution < -0.4 is 15.4 Å². The summed E-state index contributed by atoms with van der Waals surface area (Å²) >= 11 is 0. The number of hydrogen-bond donors (Lipinski definition) is 3. The van der Waals surface area contributed by atoms with Crippen molar-refractivity contribution in [2.45, 2.75) is 38.3 Å². The molecule has 8 nitrogen and oxygen atoms in total. The molecule has 2 aromatic heterocycles. The topological polar surface area (TPSA) is 105 Å². The first-order valence-electron chi connectivity index (χ1n) is 10.7. The summed E-state index contributed by atoms with van der Waals surface area (Å²) < 4.78 is 8.55. The van der Waals surface area contributed by atoms with Crippen molar-refractivity contribution < 1.29 is 9.53 Å². The van der Waals surface area contributed by atoms with Crippen molar-refractivity contribution in [3.63, 3.8) is 0 Å². The Bertz CT molecular complexity index is 1170. The number of aromatic nitrogens is 3. The lowest BCUT2D eigenvalue weighted by atomic mass is 10.0. The zero-order valence-electron chi connectivity index (χ0n) is 17.7. The van der Waals surface area contributed by atoms with Gasteiger partial charge in [0, 0.05) is 55.0 Å². The molecule has 0 radical (unpaired) electrons. The third-order valence-electron chi connectivity index (χ3n) is 6.20. The van der Waals surface area contributed by atoms with Crippen LogP contribution in [0.4, 0.5) is 5.69 Å². The molecule has 2 aliphatic rings. The Kier molecular flexibility index (Phi) is 4.84. The summed E-state index contributed by atoms with van der Waals surface area (Å²) in [6.45, 7) is 2.63. The maximum absolute atomic E-state index is 11.7. The lowest BCUT2D eigenvalue weighted by Crippen LogP contribution is -2.26. The molecular formula is C23H26N6O2. The lowest BCUT2D eigenvalue weighted by molar-refractivity contribution is -0.119. The summed E-state index contributed by atoms with van der Waals surface area (Å²) in [5.74, 6) is 0.750. The molecule has 3 N–H and O–H groups in total. The summed E-state index contributed by atoms with van der Waals surface area (Å²) in [7, 11) is 1.84. The molecule has 1 aliphatic carbocycles. The Morgan fingerprint density at radius 3 is 2.87 bits per heavy atom. The lowest BCUT2D eigenvalue weighted by Gasteiger charge is -2.20. The van der Waals surface area contributed by atoms with Crippen molar-refractivity contribution in [2.75, 3.05) is 18.9 Å². The average Bonchev–Trinajstić information content (AvgIpc) is 3.38. The quantitative estimate of drug-likeness (QED) is 0.510. The average molecular weight is 419 g/mol. The van der Waals surface area contributed by atoms with Crippen molar-refractivity contribution in [2.24, 2.45) is 5.92 Å². The Morgan fingerprint density at radius 2 is 2.19 bits per heavy atom. The molecule has 3 aromatic rings. The Labute approximate surface area is 180 Å². The van der Waals surface area contributed by atoms with Crippen LogP contribution in [-0.2, 0) is 4.79 Å². The maximum Gasteiger partial charge on any atom is 0.241 e. The highest BCUT2D eigenvalue weighted by Crippen LogP contribution is 2.40. The van der Waals surface area contributed by atoms with Gasteiger partial charge in [0.1, 0.15) is 11.6 Å². The monoisotopic (exact) mass is 418 g/mol. The summed E-state index contributed by atoms with van der Waals surface area (Å²) in [6, 6.07) is 8.29. The van der Waals surface area contributed by atoms with E-state index in [9.17, 15) is 4.79 Å². The first-order chi connectivity index (χ1) is 15.1. The number of hydrogen-bond acceptors (Lipinski definition) is 6. The van der Waals surface area contributed by atoms with Crippen LogP contribution in [0.3, 0.4) is 0 Å². The molecule has 0 spiro atoms. The molecular weight excluding hydrogens is 392 g/mol. The highest BCUT2D eigenvalue weighted by molar-refractivity contribution is 5.89. The van der Waals surface area contributed by atoms with Gasteiger partial charge in [-0.15, -0.1) is 0 Å². The van der Waals surface area contributed by atoms with Gasteiger partial charge in [-0.1, -0.05) is 12.1 Å². The smallest absolute Gasteiger partial charge is 0.241 e. The minimum atomic E-state index is -0.152. The second-order valence-electron chi connectivity index (χ2n) is 8.35. The van der Waals surface area contributed by atoms with Gasteiger partial charge in [-0.2, -0.15) is 0 Å². The van der Waals surface area contributed by atoms with Crippen LogP contribution in [0.15, 0.2) is 30.6 Å². The molecule has 31 heavy (non-hydrogen) atoms. The molecule has 2 fully saturated rings. The molecule has 1 saturated carbocycles. The van der Waals surface area contributed by atoms with Crippen LogP contribution in [0, 0.1) is 11.3 Å². The number of rotatable bonds is 7. The van der Waals surface area contributed by atoms with E-state index >= 15 is 0 Å². The number of ether oxygens (including phenoxy) is 1. The van der Waals surface area contributed by atoms with Gasteiger partial charge in [0.05, 0.1) is 17.5 Å². The van der Waals surface area contributed by atoms with E-state index in [-0.39, 0.29) is 17.9 Å². The van der Waals surface area contributed by atoms with Gasteiger partial charge < -0.3 is 25.3 Å². The minimum absolute atomic E-state index is 0.0706. The molecule has 3 heterocycles. The van der Waals surface area contributed by atoms with E-state index in [2.05, 4.69) is 20.2 Å². The van der Waals surface area contributed by atoms with Crippen LogP contribution in [0.2, 0.25) is 0 Å². The molecule has 1 amide bonds. The third-order valence-corrected chi connectivity index (χ3v) is 6.20. The van der Waals surface area contributed by atoms with E-state index in [1.165, 1.54) is 6.21 Å². The normalized spacial score (nSPS) is 19.3. The molecule has 160 valence electrons. The summed E-state index contributed by atoms with van der Waals surface area (Å²) in [4.78, 5) is 21.2. The van der Waals surface area contributed by atoms with Crippen LogP contribution in [0.1, 0.15) is 37.8 Å². The number of anilines is 1. The number of amides is 1. The molecule has 8 heteroatoms. The van der Waals surface area contributed by atoms with E-state index in [1.807, 2.05) is 44.6 Å². The van der Waals surface area contributed by atoms with E-state index in [4.69, 9.17) is 15.1 Å². The second kappa shape index (κ2) is 7.68. The van der Waals surface area contributed by atoms with Gasteiger partial charge in [-0.25, -0.2) is 9.97 Å². The Balaban J connectivity index is 1.58. The van der Waals surface area contributed by atoms with Gasteiger partial charge in [0.15, 0.2) is 0 Å². The maximum atomic E-state index is 11.7. The van der Waals surface area contributed by atoms with Crippen molar-refractivity contribution in [1.29, 1.82) is 5.41 Å². The van der Waals surface area contributed by atoms with E-state index < -0.39 is 0 Å². The van der Waals surface area contributed by atoms with Crippen LogP contribution >= 0.6 is 0 Å². The first kappa shape index (κ1) is 19.5. The van der Waals surface area contributed by atoms with Crippen LogP contribution in [-0.4, -0.2) is 46.4 Å². The zero-order valence-corrected chi connectivity index (χ0v) is 17.7. The first-order valence-corrected chi connectivity index (χ1v) is 10.7. The summed E-state index contributed by atoms with van der Waals surface area (Å²) in [5.41, 5.74) is 5.14. The number of pyridine rings is 1. The number of carbonyl (C=O) groups is 1. The second-order valence-corrected chi connectivity index (χ2v) is 8.35. The van der Waals surface area contributed by atoms with Gasteiger partial charge in [0.25, 0.3) is 0 Å². The molecule has 1 aliphatic heterocycles. The fourth-order valence-corrected chi connectivity index (χ4v) is 4.17. The number of imidazole rings is 1. The van der Waals surface area contributed by atoms with Crippen LogP contribution in [0.5, 0.6) is 5.88 Å². The number of benzene rings is 1.